The molecule has 0 bridgehead atoms. The number of fused-ring (bicyclic) bond motifs is 6. The molecule has 3 heterocycles. The van der Waals surface area contributed by atoms with Gasteiger partial charge in [-0.1, -0.05) is 194 Å². The van der Waals surface area contributed by atoms with E-state index < -0.39 is 0 Å². The summed E-state index contributed by atoms with van der Waals surface area (Å²) < 4.78 is 4.74. The lowest BCUT2D eigenvalue weighted by Gasteiger charge is -2.15. The minimum absolute atomic E-state index is 0.687. The minimum Gasteiger partial charge on any atom is -0.309 e. The van der Waals surface area contributed by atoms with Gasteiger partial charge in [0.2, 0.25) is 0 Å². The molecule has 0 aliphatic heterocycles. The summed E-state index contributed by atoms with van der Waals surface area (Å²) in [6.07, 6.45) is 0. The highest BCUT2D eigenvalue weighted by molar-refractivity contribution is 6.10. The monoisotopic (exact) mass is 942 g/mol. The Kier molecular flexibility index (Phi) is 10.5. The van der Waals surface area contributed by atoms with Crippen LogP contribution in [0.25, 0.3) is 133 Å². The molecule has 4 heteroatoms. The smallest absolute Gasteiger partial charge is 0.160 e. The second-order valence-electron chi connectivity index (χ2n) is 19.0. The van der Waals surface area contributed by atoms with E-state index in [4.69, 9.17) is 9.97 Å². The van der Waals surface area contributed by atoms with E-state index in [1.807, 2.05) is 24.3 Å². The van der Waals surface area contributed by atoms with Gasteiger partial charge in [0.1, 0.15) is 0 Å². The Balaban J connectivity index is 0.876. The van der Waals surface area contributed by atoms with Crippen LogP contribution in [0, 0.1) is 0 Å². The molecular formula is C70H46N4. The Labute approximate surface area is 429 Å². The standard InChI is InChI=1S/C70H46N4/c1-3-17-49(18-4-1)64-46-65(72-70(71-64)50-19-5-2-6-20-50)57-44-55(53-23-15-21-51(41-53)47-33-37-58(38-34-47)73-66-29-11-7-25-60(66)61-26-8-12-30-67(61)73)43-56(45-57)54-24-16-22-52(42-54)48-35-39-59(40-36-48)74-68-31-13-9-27-62(68)63-28-10-14-32-69(63)74/h1-46H. The fourth-order valence-corrected chi connectivity index (χ4v) is 10.9. The molecule has 4 nitrogen and oxygen atoms in total. The van der Waals surface area contributed by atoms with E-state index in [2.05, 4.69) is 264 Å². The van der Waals surface area contributed by atoms with E-state index in [0.717, 1.165) is 84.0 Å². The maximum Gasteiger partial charge on any atom is 0.160 e. The van der Waals surface area contributed by atoms with Crippen molar-refractivity contribution in [2.24, 2.45) is 0 Å². The highest BCUT2D eigenvalue weighted by atomic mass is 15.0. The summed E-state index contributed by atoms with van der Waals surface area (Å²) in [6.45, 7) is 0. The Morgan fingerprint density at radius 1 is 0.203 bits per heavy atom. The number of para-hydroxylation sites is 4. The van der Waals surface area contributed by atoms with Gasteiger partial charge in [-0.3, -0.25) is 0 Å². The number of aromatic nitrogens is 4. The Hall–Kier alpha value is -9.90. The fraction of sp³-hybridized carbons (Fsp3) is 0. The average Bonchev–Trinajstić information content (AvgIpc) is 4.01. The van der Waals surface area contributed by atoms with Gasteiger partial charge in [-0.2, -0.15) is 0 Å². The first-order chi connectivity index (χ1) is 36.7. The second kappa shape index (κ2) is 18.1. The molecule has 0 atom stereocenters. The SMILES string of the molecule is c1ccc(-c2cc(-c3cc(-c4cccc(-c5ccc(-n6c7ccccc7c7ccccc76)cc5)c4)cc(-c4cccc(-c5ccc(-n6c7ccccc7c7ccccc76)cc5)c4)c3)nc(-c3ccccc3)n2)cc1. The van der Waals surface area contributed by atoms with Crippen molar-refractivity contribution in [2.75, 3.05) is 0 Å². The predicted molar refractivity (Wildman–Crippen MR) is 309 cm³/mol. The van der Waals surface area contributed by atoms with E-state index >= 15 is 0 Å². The molecule has 0 N–H and O–H groups in total. The van der Waals surface area contributed by atoms with Gasteiger partial charge in [-0.15, -0.1) is 0 Å². The van der Waals surface area contributed by atoms with Gasteiger partial charge in [0.15, 0.2) is 5.82 Å². The van der Waals surface area contributed by atoms with Gasteiger partial charge >= 0.3 is 0 Å². The van der Waals surface area contributed by atoms with Crippen LogP contribution in [0.1, 0.15) is 0 Å². The third-order valence-electron chi connectivity index (χ3n) is 14.5. The number of hydrogen-bond acceptors (Lipinski definition) is 2. The van der Waals surface area contributed by atoms with Gasteiger partial charge in [0.05, 0.1) is 33.5 Å². The van der Waals surface area contributed by atoms with Crippen LogP contribution in [0.2, 0.25) is 0 Å². The molecule has 0 aliphatic rings. The number of benzene rings is 11. The van der Waals surface area contributed by atoms with Crippen LogP contribution in [0.15, 0.2) is 279 Å². The molecule has 0 fully saturated rings. The molecule has 0 unspecified atom stereocenters. The molecule has 0 amide bonds. The van der Waals surface area contributed by atoms with Gasteiger partial charge in [0, 0.05) is 49.6 Å². The minimum atomic E-state index is 0.687. The summed E-state index contributed by atoms with van der Waals surface area (Å²) in [5.41, 5.74) is 20.9. The van der Waals surface area contributed by atoms with Crippen LogP contribution in [-0.2, 0) is 0 Å². The zero-order valence-electron chi connectivity index (χ0n) is 40.3. The third-order valence-corrected chi connectivity index (χ3v) is 14.5. The van der Waals surface area contributed by atoms with Crippen LogP contribution in [-0.4, -0.2) is 19.1 Å². The molecule has 0 spiro atoms. The summed E-state index contributed by atoms with van der Waals surface area (Å²) in [7, 11) is 0. The van der Waals surface area contributed by atoms with Crippen molar-refractivity contribution in [1.29, 1.82) is 0 Å². The quantitative estimate of drug-likeness (QED) is 0.145. The zero-order valence-corrected chi connectivity index (χ0v) is 40.3. The van der Waals surface area contributed by atoms with E-state index in [-0.39, 0.29) is 0 Å². The van der Waals surface area contributed by atoms with Crippen LogP contribution < -0.4 is 0 Å². The van der Waals surface area contributed by atoms with E-state index in [9.17, 15) is 0 Å². The highest BCUT2D eigenvalue weighted by Crippen LogP contribution is 2.39. The molecule has 14 aromatic rings. The molecule has 3 aromatic heterocycles. The third kappa shape index (κ3) is 7.65. The van der Waals surface area contributed by atoms with Crippen molar-refractivity contribution < 1.29 is 0 Å². The Morgan fingerprint density at radius 3 is 0.932 bits per heavy atom. The van der Waals surface area contributed by atoms with E-state index in [0.29, 0.717) is 5.82 Å². The lowest BCUT2D eigenvalue weighted by Crippen LogP contribution is -1.96. The first-order valence-electron chi connectivity index (χ1n) is 25.2. The Morgan fingerprint density at radius 2 is 0.514 bits per heavy atom. The largest absolute Gasteiger partial charge is 0.309 e. The lowest BCUT2D eigenvalue weighted by atomic mass is 9.92. The molecule has 0 radical (unpaired) electrons. The van der Waals surface area contributed by atoms with Crippen LogP contribution in [0.3, 0.4) is 0 Å². The van der Waals surface area contributed by atoms with Gasteiger partial charge in [-0.25, -0.2) is 9.97 Å². The maximum absolute atomic E-state index is 5.32. The molecule has 0 saturated heterocycles. The molecule has 0 saturated carbocycles. The molecule has 346 valence electrons. The number of hydrogen-bond donors (Lipinski definition) is 0. The van der Waals surface area contributed by atoms with Crippen molar-refractivity contribution in [3.8, 4) is 89.8 Å². The van der Waals surface area contributed by atoms with Crippen molar-refractivity contribution in [1.82, 2.24) is 19.1 Å². The van der Waals surface area contributed by atoms with Crippen molar-refractivity contribution in [3.63, 3.8) is 0 Å². The van der Waals surface area contributed by atoms with Gasteiger partial charge in [-0.05, 0) is 129 Å². The summed E-state index contributed by atoms with van der Waals surface area (Å²) in [5.74, 6) is 0.687. The Bertz CT molecular complexity index is 4010. The molecule has 14 rings (SSSR count). The molecular weight excluding hydrogens is 897 g/mol. The zero-order chi connectivity index (χ0) is 49.0. The molecule has 0 aliphatic carbocycles. The first kappa shape index (κ1) is 42.9. The highest BCUT2D eigenvalue weighted by Gasteiger charge is 2.17. The van der Waals surface area contributed by atoms with Gasteiger partial charge < -0.3 is 9.13 Å². The van der Waals surface area contributed by atoms with Crippen LogP contribution in [0.5, 0.6) is 0 Å². The predicted octanol–water partition coefficient (Wildman–Crippen LogP) is 18.3. The van der Waals surface area contributed by atoms with E-state index in [1.165, 1.54) is 43.6 Å². The second-order valence-corrected chi connectivity index (χ2v) is 19.0. The van der Waals surface area contributed by atoms with Crippen molar-refractivity contribution in [3.05, 3.63) is 279 Å². The average molecular weight is 943 g/mol. The van der Waals surface area contributed by atoms with Gasteiger partial charge in [0.25, 0.3) is 0 Å². The van der Waals surface area contributed by atoms with Crippen molar-refractivity contribution >= 4 is 43.6 Å². The first-order valence-corrected chi connectivity index (χ1v) is 25.2. The number of nitrogens with zero attached hydrogens (tertiary/aromatic N) is 4. The van der Waals surface area contributed by atoms with Crippen LogP contribution >= 0.6 is 0 Å². The van der Waals surface area contributed by atoms with Crippen LogP contribution in [0.4, 0.5) is 0 Å². The summed E-state index contributed by atoms with van der Waals surface area (Å²) >= 11 is 0. The lowest BCUT2D eigenvalue weighted by molar-refractivity contribution is 1.18. The molecule has 74 heavy (non-hydrogen) atoms. The molecule has 11 aromatic carbocycles. The number of rotatable bonds is 9. The fourth-order valence-electron chi connectivity index (χ4n) is 10.9. The summed E-state index contributed by atoms with van der Waals surface area (Å²) in [5, 5.41) is 5.03. The van der Waals surface area contributed by atoms with E-state index in [1.54, 1.807) is 0 Å². The summed E-state index contributed by atoms with van der Waals surface area (Å²) in [4.78, 5) is 10.5. The normalized spacial score (nSPS) is 11.5. The summed E-state index contributed by atoms with van der Waals surface area (Å²) in [6, 6.07) is 100. The maximum atomic E-state index is 5.32. The van der Waals surface area contributed by atoms with Crippen molar-refractivity contribution in [2.45, 2.75) is 0 Å². The topological polar surface area (TPSA) is 35.6 Å².